The largest absolute Gasteiger partial charge is 0.387 e. The number of non-ortho nitro benzene ring substituents is 1. The van der Waals surface area contributed by atoms with Gasteiger partial charge in [-0.3, -0.25) is 10.1 Å². The zero-order valence-corrected chi connectivity index (χ0v) is 10.9. The minimum Gasteiger partial charge on any atom is -0.387 e. The zero-order chi connectivity index (χ0) is 13.9. The van der Waals surface area contributed by atoms with Crippen LogP contribution in [0.15, 0.2) is 24.3 Å². The van der Waals surface area contributed by atoms with Crippen molar-refractivity contribution in [3.8, 4) is 0 Å². The summed E-state index contributed by atoms with van der Waals surface area (Å²) >= 11 is 0. The molecule has 0 aliphatic carbocycles. The molecule has 7 heteroatoms. The van der Waals surface area contributed by atoms with E-state index in [1.807, 2.05) is 0 Å². The number of hydrogen-bond acceptors (Lipinski definition) is 5. The van der Waals surface area contributed by atoms with Gasteiger partial charge in [-0.05, 0) is 24.6 Å². The molecule has 0 saturated carbocycles. The van der Waals surface area contributed by atoms with E-state index in [2.05, 4.69) is 0 Å². The lowest BCUT2D eigenvalue weighted by Gasteiger charge is -2.18. The average Bonchev–Trinajstić information content (AvgIpc) is 2.37. The van der Waals surface area contributed by atoms with Crippen molar-refractivity contribution in [1.29, 1.82) is 0 Å². The molecule has 1 N–H and O–H groups in total. The fourth-order valence-electron chi connectivity index (χ4n) is 1.52. The van der Waals surface area contributed by atoms with Gasteiger partial charge in [0.1, 0.15) is 0 Å². The molecule has 1 aromatic rings. The first-order valence-corrected chi connectivity index (χ1v) is 7.15. The monoisotopic (exact) mass is 273 g/mol. The maximum atomic E-state index is 11.6. The van der Waals surface area contributed by atoms with Gasteiger partial charge in [0.05, 0.1) is 16.3 Å². The molecule has 1 aromatic carbocycles. The van der Waals surface area contributed by atoms with Crippen LogP contribution in [0.25, 0.3) is 0 Å². The second-order valence-electron chi connectivity index (χ2n) is 3.95. The molecule has 0 fully saturated rings. The molecule has 0 aromatic heterocycles. The summed E-state index contributed by atoms with van der Waals surface area (Å²) in [5.74, 6) is -0.0573. The highest BCUT2D eigenvalue weighted by Gasteiger charge is 2.27. The first kappa shape index (κ1) is 14.6. The number of sulfone groups is 1. The van der Waals surface area contributed by atoms with E-state index in [-0.39, 0.29) is 11.4 Å². The zero-order valence-electron chi connectivity index (χ0n) is 10.1. The first-order valence-electron chi connectivity index (χ1n) is 5.43. The summed E-state index contributed by atoms with van der Waals surface area (Å²) in [6.45, 7) is 2.93. The average molecular weight is 273 g/mol. The van der Waals surface area contributed by atoms with Gasteiger partial charge in [-0.2, -0.15) is 0 Å². The van der Waals surface area contributed by atoms with Crippen LogP contribution in [0.5, 0.6) is 0 Å². The molecule has 0 aliphatic rings. The van der Waals surface area contributed by atoms with Gasteiger partial charge in [0.25, 0.3) is 5.69 Å². The Morgan fingerprint density at radius 2 is 1.83 bits per heavy atom. The molecule has 0 saturated heterocycles. The van der Waals surface area contributed by atoms with Crippen LogP contribution in [0.1, 0.15) is 25.5 Å². The van der Waals surface area contributed by atoms with Crippen LogP contribution in [0.2, 0.25) is 0 Å². The Morgan fingerprint density at radius 1 is 1.33 bits per heavy atom. The minimum atomic E-state index is -3.36. The van der Waals surface area contributed by atoms with E-state index >= 15 is 0 Å². The van der Waals surface area contributed by atoms with E-state index in [1.54, 1.807) is 0 Å². The lowest BCUT2D eigenvalue weighted by Crippen LogP contribution is -2.26. The lowest BCUT2D eigenvalue weighted by atomic mass is 10.1. The second kappa shape index (κ2) is 5.45. The highest BCUT2D eigenvalue weighted by atomic mass is 32.2. The van der Waals surface area contributed by atoms with E-state index < -0.39 is 26.1 Å². The Morgan fingerprint density at radius 3 is 2.22 bits per heavy atom. The number of benzene rings is 1. The molecule has 0 heterocycles. The van der Waals surface area contributed by atoms with E-state index in [0.29, 0.717) is 5.56 Å². The van der Waals surface area contributed by atoms with Crippen molar-refractivity contribution < 1.29 is 18.4 Å². The van der Waals surface area contributed by atoms with Crippen molar-refractivity contribution >= 4 is 15.5 Å². The van der Waals surface area contributed by atoms with Gasteiger partial charge in [0.2, 0.25) is 0 Å². The molecule has 6 nitrogen and oxygen atoms in total. The number of aliphatic hydroxyl groups is 1. The summed E-state index contributed by atoms with van der Waals surface area (Å²) < 4.78 is 23.2. The normalized spacial score (nSPS) is 15.1. The SMILES string of the molecule is CCS(=O)(=O)[C@H](C)[C@H](O)c1ccc([N+](=O)[O-])cc1. The number of hydrogen-bond donors (Lipinski definition) is 1. The van der Waals surface area contributed by atoms with Gasteiger partial charge in [-0.25, -0.2) is 8.42 Å². The third-order valence-electron chi connectivity index (χ3n) is 2.86. The number of nitro groups is 1. The van der Waals surface area contributed by atoms with Gasteiger partial charge in [-0.1, -0.05) is 6.92 Å². The summed E-state index contributed by atoms with van der Waals surface area (Å²) in [5.41, 5.74) is 0.252. The van der Waals surface area contributed by atoms with Crippen molar-refractivity contribution in [2.75, 3.05) is 5.75 Å². The Hall–Kier alpha value is -1.47. The molecule has 100 valence electrons. The third-order valence-corrected chi connectivity index (χ3v) is 5.05. The second-order valence-corrected chi connectivity index (χ2v) is 6.60. The van der Waals surface area contributed by atoms with Crippen LogP contribution in [0, 0.1) is 10.1 Å². The minimum absolute atomic E-state index is 0.0573. The summed E-state index contributed by atoms with van der Waals surface area (Å²) in [4.78, 5) is 9.92. The van der Waals surface area contributed by atoms with Gasteiger partial charge in [0, 0.05) is 17.9 Å². The van der Waals surface area contributed by atoms with Crippen molar-refractivity contribution in [1.82, 2.24) is 0 Å². The molecular formula is C11H15NO5S. The highest BCUT2D eigenvalue weighted by molar-refractivity contribution is 7.92. The van der Waals surface area contributed by atoms with Crippen molar-refractivity contribution in [2.24, 2.45) is 0 Å². The summed E-state index contributed by atoms with van der Waals surface area (Å²) in [6.07, 6.45) is -1.18. The first-order chi connectivity index (χ1) is 8.29. The third kappa shape index (κ3) is 3.05. The van der Waals surface area contributed by atoms with Crippen LogP contribution in [-0.2, 0) is 9.84 Å². The Kier molecular flexibility index (Phi) is 4.42. The summed E-state index contributed by atoms with van der Waals surface area (Å²) in [5, 5.41) is 19.5. The molecular weight excluding hydrogens is 258 g/mol. The van der Waals surface area contributed by atoms with Gasteiger partial charge < -0.3 is 5.11 Å². The highest BCUT2D eigenvalue weighted by Crippen LogP contribution is 2.24. The number of nitro benzene ring substituents is 1. The van der Waals surface area contributed by atoms with Gasteiger partial charge >= 0.3 is 0 Å². The van der Waals surface area contributed by atoms with Crippen LogP contribution >= 0.6 is 0 Å². The van der Waals surface area contributed by atoms with Crippen LogP contribution in [0.4, 0.5) is 5.69 Å². The number of rotatable bonds is 5. The predicted molar refractivity (Wildman–Crippen MR) is 67.0 cm³/mol. The molecule has 0 bridgehead atoms. The lowest BCUT2D eigenvalue weighted by molar-refractivity contribution is -0.384. The Bertz CT molecular complexity index is 523. The van der Waals surface area contributed by atoms with Crippen LogP contribution < -0.4 is 0 Å². The van der Waals surface area contributed by atoms with Crippen LogP contribution in [-0.4, -0.2) is 29.5 Å². The number of nitrogens with zero attached hydrogens (tertiary/aromatic N) is 1. The molecule has 0 spiro atoms. The molecule has 0 unspecified atom stereocenters. The molecule has 1 rings (SSSR count). The topological polar surface area (TPSA) is 97.5 Å². The fraction of sp³-hybridized carbons (Fsp3) is 0.455. The molecule has 0 amide bonds. The van der Waals surface area contributed by atoms with E-state index in [9.17, 15) is 23.6 Å². The molecule has 18 heavy (non-hydrogen) atoms. The quantitative estimate of drug-likeness (QED) is 0.646. The number of aliphatic hydroxyl groups excluding tert-OH is 1. The summed E-state index contributed by atoms with van der Waals surface area (Å²) in [7, 11) is -3.36. The van der Waals surface area contributed by atoms with Crippen molar-refractivity contribution in [2.45, 2.75) is 25.2 Å². The van der Waals surface area contributed by atoms with E-state index in [1.165, 1.54) is 38.1 Å². The molecule has 0 aliphatic heterocycles. The van der Waals surface area contributed by atoms with Crippen molar-refractivity contribution in [3.63, 3.8) is 0 Å². The van der Waals surface area contributed by atoms with E-state index in [4.69, 9.17) is 0 Å². The van der Waals surface area contributed by atoms with Crippen molar-refractivity contribution in [3.05, 3.63) is 39.9 Å². The molecule has 2 atom stereocenters. The Labute approximate surface area is 105 Å². The maximum Gasteiger partial charge on any atom is 0.269 e. The standard InChI is InChI=1S/C11H15NO5S/c1-3-18(16,17)8(2)11(13)9-4-6-10(7-5-9)12(14)15/h4-8,11,13H,3H2,1-2H3/t8-,11+/m1/s1. The van der Waals surface area contributed by atoms with Gasteiger partial charge in [0.15, 0.2) is 9.84 Å². The van der Waals surface area contributed by atoms with E-state index in [0.717, 1.165) is 0 Å². The van der Waals surface area contributed by atoms with Crippen LogP contribution in [0.3, 0.4) is 0 Å². The van der Waals surface area contributed by atoms with Gasteiger partial charge in [-0.15, -0.1) is 0 Å². The predicted octanol–water partition coefficient (Wildman–Crippen LogP) is 1.45. The maximum absolute atomic E-state index is 11.6. The molecule has 0 radical (unpaired) electrons. The summed E-state index contributed by atoms with van der Waals surface area (Å²) in [6, 6.07) is 5.21. The smallest absolute Gasteiger partial charge is 0.269 e. The fourth-order valence-corrected chi connectivity index (χ4v) is 2.60. The Balaban J connectivity index is 2.98.